The predicted molar refractivity (Wildman–Crippen MR) is 78.4 cm³/mol. The summed E-state index contributed by atoms with van der Waals surface area (Å²) in [6.07, 6.45) is 4.27. The Morgan fingerprint density at radius 2 is 1.79 bits per heavy atom. The second kappa shape index (κ2) is 4.53. The van der Waals surface area contributed by atoms with Crippen LogP contribution in [0.4, 0.5) is 5.69 Å². The molecule has 0 radical (unpaired) electrons. The van der Waals surface area contributed by atoms with E-state index in [4.69, 9.17) is 4.74 Å². The topological polar surface area (TPSA) is 21.3 Å². The number of fused-ring (bicyclic) bond motifs is 1. The molecule has 0 spiro atoms. The summed E-state index contributed by atoms with van der Waals surface area (Å²) in [6, 6.07) is 15.6. The third-order valence-electron chi connectivity index (χ3n) is 4.32. The summed E-state index contributed by atoms with van der Waals surface area (Å²) in [5, 5.41) is 6.28. The highest BCUT2D eigenvalue weighted by atomic mass is 16.5. The van der Waals surface area contributed by atoms with Crippen LogP contribution in [-0.4, -0.2) is 18.8 Å². The first-order valence-electron chi connectivity index (χ1n) is 7.27. The Morgan fingerprint density at radius 1 is 0.947 bits per heavy atom. The van der Waals surface area contributed by atoms with Crippen LogP contribution in [0.15, 0.2) is 42.5 Å². The Labute approximate surface area is 113 Å². The fraction of sp³-hybridized carbons (Fsp3) is 0.412. The van der Waals surface area contributed by atoms with E-state index in [9.17, 15) is 0 Å². The highest BCUT2D eigenvalue weighted by Crippen LogP contribution is 2.39. The molecule has 1 aliphatic heterocycles. The molecule has 2 aromatic carbocycles. The summed E-state index contributed by atoms with van der Waals surface area (Å²) >= 11 is 0. The Balaban J connectivity index is 1.57. The lowest BCUT2D eigenvalue weighted by atomic mass is 10.0. The van der Waals surface area contributed by atoms with Crippen molar-refractivity contribution in [3.63, 3.8) is 0 Å². The van der Waals surface area contributed by atoms with E-state index in [1.807, 2.05) is 0 Å². The molecule has 2 unspecified atom stereocenters. The first kappa shape index (κ1) is 11.3. The Kier molecular flexibility index (Phi) is 2.70. The van der Waals surface area contributed by atoms with Crippen LogP contribution in [0.3, 0.4) is 0 Å². The zero-order valence-electron chi connectivity index (χ0n) is 11.0. The Hall–Kier alpha value is -1.54. The van der Waals surface area contributed by atoms with Gasteiger partial charge in [0, 0.05) is 12.3 Å². The minimum atomic E-state index is 0.437. The number of rotatable bonds is 3. The molecule has 0 aromatic heterocycles. The van der Waals surface area contributed by atoms with E-state index in [0.717, 1.165) is 18.9 Å². The maximum atomic E-state index is 5.89. The summed E-state index contributed by atoms with van der Waals surface area (Å²) in [7, 11) is 0. The van der Waals surface area contributed by atoms with E-state index < -0.39 is 0 Å². The van der Waals surface area contributed by atoms with Crippen molar-refractivity contribution >= 4 is 16.5 Å². The van der Waals surface area contributed by atoms with Crippen molar-refractivity contribution in [2.45, 2.75) is 31.4 Å². The molecular weight excluding hydrogens is 234 g/mol. The van der Waals surface area contributed by atoms with Crippen LogP contribution in [-0.2, 0) is 4.74 Å². The maximum absolute atomic E-state index is 5.89. The Bertz CT molecular complexity index is 591. The molecule has 1 aliphatic carbocycles. The van der Waals surface area contributed by atoms with Crippen LogP contribution in [0.2, 0.25) is 0 Å². The van der Waals surface area contributed by atoms with E-state index in [1.54, 1.807) is 0 Å². The lowest BCUT2D eigenvalue weighted by molar-refractivity contribution is 0.0898. The van der Waals surface area contributed by atoms with Gasteiger partial charge in [-0.15, -0.1) is 0 Å². The standard InChI is InChI=1S/C17H19NO/c1-2-4-14-11-15(8-7-12(14)3-1)18-16-9-10-19-17(16)13-5-6-13/h1-4,7-8,11,13,16-18H,5-6,9-10H2. The number of hydrogen-bond donors (Lipinski definition) is 1. The van der Waals surface area contributed by atoms with Gasteiger partial charge in [-0.1, -0.05) is 30.3 Å². The second-order valence-corrected chi connectivity index (χ2v) is 5.77. The zero-order chi connectivity index (χ0) is 12.7. The van der Waals surface area contributed by atoms with Crippen LogP contribution < -0.4 is 5.32 Å². The number of anilines is 1. The first-order chi connectivity index (χ1) is 9.40. The first-order valence-corrected chi connectivity index (χ1v) is 7.27. The SMILES string of the molecule is c1ccc2cc(NC3CCOC3C3CC3)ccc2c1. The largest absolute Gasteiger partial charge is 0.380 e. The van der Waals surface area contributed by atoms with Crippen molar-refractivity contribution in [3.05, 3.63) is 42.5 Å². The molecule has 1 N–H and O–H groups in total. The van der Waals surface area contributed by atoms with Gasteiger partial charge in [-0.05, 0) is 48.1 Å². The van der Waals surface area contributed by atoms with Gasteiger partial charge >= 0.3 is 0 Å². The van der Waals surface area contributed by atoms with Gasteiger partial charge in [-0.25, -0.2) is 0 Å². The van der Waals surface area contributed by atoms with Crippen molar-refractivity contribution in [2.75, 3.05) is 11.9 Å². The third-order valence-corrected chi connectivity index (χ3v) is 4.32. The van der Waals surface area contributed by atoms with E-state index in [-0.39, 0.29) is 0 Å². The summed E-state index contributed by atoms with van der Waals surface area (Å²) in [4.78, 5) is 0. The van der Waals surface area contributed by atoms with E-state index in [0.29, 0.717) is 12.1 Å². The number of nitrogens with one attached hydrogen (secondary N) is 1. The average Bonchev–Trinajstić information content (AvgIpc) is 3.19. The fourth-order valence-corrected chi connectivity index (χ4v) is 3.15. The number of ether oxygens (including phenoxy) is 1. The summed E-state index contributed by atoms with van der Waals surface area (Å²) in [5.74, 6) is 0.806. The van der Waals surface area contributed by atoms with Crippen molar-refractivity contribution in [2.24, 2.45) is 5.92 Å². The molecule has 2 fully saturated rings. The minimum absolute atomic E-state index is 0.437. The normalized spacial score (nSPS) is 26.7. The molecule has 2 heteroatoms. The number of hydrogen-bond acceptors (Lipinski definition) is 2. The van der Waals surface area contributed by atoms with Crippen molar-refractivity contribution in [1.82, 2.24) is 0 Å². The molecule has 0 amide bonds. The molecular formula is C17H19NO. The van der Waals surface area contributed by atoms with Gasteiger partial charge in [0.1, 0.15) is 0 Å². The van der Waals surface area contributed by atoms with Gasteiger partial charge in [0.2, 0.25) is 0 Å². The second-order valence-electron chi connectivity index (χ2n) is 5.77. The van der Waals surface area contributed by atoms with Crippen LogP contribution in [0.25, 0.3) is 10.8 Å². The maximum Gasteiger partial charge on any atom is 0.0804 e. The molecule has 1 saturated heterocycles. The van der Waals surface area contributed by atoms with Gasteiger partial charge in [0.05, 0.1) is 12.1 Å². The zero-order valence-corrected chi connectivity index (χ0v) is 11.0. The molecule has 1 heterocycles. The molecule has 2 atom stereocenters. The van der Waals surface area contributed by atoms with Crippen LogP contribution >= 0.6 is 0 Å². The number of benzene rings is 2. The quantitative estimate of drug-likeness (QED) is 0.898. The van der Waals surface area contributed by atoms with Crippen LogP contribution in [0.5, 0.6) is 0 Å². The fourth-order valence-electron chi connectivity index (χ4n) is 3.15. The summed E-state index contributed by atoms with van der Waals surface area (Å²) in [6.45, 7) is 0.909. The smallest absolute Gasteiger partial charge is 0.0804 e. The van der Waals surface area contributed by atoms with Crippen molar-refractivity contribution < 1.29 is 4.74 Å². The monoisotopic (exact) mass is 253 g/mol. The van der Waals surface area contributed by atoms with Gasteiger partial charge in [-0.3, -0.25) is 0 Å². The van der Waals surface area contributed by atoms with Gasteiger partial charge in [0.25, 0.3) is 0 Å². The molecule has 1 saturated carbocycles. The van der Waals surface area contributed by atoms with Crippen LogP contribution in [0, 0.1) is 5.92 Å². The van der Waals surface area contributed by atoms with E-state index >= 15 is 0 Å². The molecule has 19 heavy (non-hydrogen) atoms. The molecule has 2 aliphatic rings. The lowest BCUT2D eigenvalue weighted by Gasteiger charge is -2.20. The van der Waals surface area contributed by atoms with E-state index in [2.05, 4.69) is 47.8 Å². The molecule has 4 rings (SSSR count). The summed E-state index contributed by atoms with van der Waals surface area (Å²) in [5.41, 5.74) is 1.22. The molecule has 2 aromatic rings. The van der Waals surface area contributed by atoms with Gasteiger partial charge < -0.3 is 10.1 Å². The van der Waals surface area contributed by atoms with Gasteiger partial charge in [0.15, 0.2) is 0 Å². The lowest BCUT2D eigenvalue weighted by Crippen LogP contribution is -2.30. The third kappa shape index (κ3) is 2.21. The highest BCUT2D eigenvalue weighted by Gasteiger charge is 2.40. The van der Waals surface area contributed by atoms with E-state index in [1.165, 1.54) is 29.3 Å². The Morgan fingerprint density at radius 3 is 2.63 bits per heavy atom. The average molecular weight is 253 g/mol. The molecule has 98 valence electrons. The molecule has 0 bridgehead atoms. The van der Waals surface area contributed by atoms with Gasteiger partial charge in [-0.2, -0.15) is 0 Å². The van der Waals surface area contributed by atoms with Crippen LogP contribution in [0.1, 0.15) is 19.3 Å². The van der Waals surface area contributed by atoms with Crippen molar-refractivity contribution in [3.8, 4) is 0 Å². The minimum Gasteiger partial charge on any atom is -0.380 e. The molecule has 2 nitrogen and oxygen atoms in total. The predicted octanol–water partition coefficient (Wildman–Crippen LogP) is 3.82. The highest BCUT2D eigenvalue weighted by molar-refractivity contribution is 5.85. The summed E-state index contributed by atoms with van der Waals surface area (Å²) < 4.78 is 5.89. The van der Waals surface area contributed by atoms with Crippen molar-refractivity contribution in [1.29, 1.82) is 0 Å².